The molecule has 4 rings (SSSR count). The predicted molar refractivity (Wildman–Crippen MR) is 137 cm³/mol. The first-order chi connectivity index (χ1) is 18.0. The van der Waals surface area contributed by atoms with Crippen molar-refractivity contribution in [2.75, 3.05) is 0 Å². The summed E-state index contributed by atoms with van der Waals surface area (Å²) in [5.41, 5.74) is 2.20. The number of fused-ring (bicyclic) bond motifs is 1. The predicted octanol–water partition coefficient (Wildman–Crippen LogP) is 5.94. The first kappa shape index (κ1) is 27.2. The lowest BCUT2D eigenvalue weighted by molar-refractivity contribution is -0.149. The zero-order chi connectivity index (χ0) is 27.5. The van der Waals surface area contributed by atoms with Crippen LogP contribution in [0.1, 0.15) is 49.3 Å². The number of nitrogens with zero attached hydrogens (tertiary/aromatic N) is 4. The zero-order valence-corrected chi connectivity index (χ0v) is 21.6. The maximum absolute atomic E-state index is 12.8. The summed E-state index contributed by atoms with van der Waals surface area (Å²) in [6.07, 6.45) is -2.34. The number of carbonyl (C=O) groups is 1. The van der Waals surface area contributed by atoms with E-state index in [2.05, 4.69) is 5.10 Å². The maximum Gasteiger partial charge on any atom is 0.393 e. The SMILES string of the molecule is CCC(CC)(Cc1nc2ccc(OCc3ccn(C)n3)cc2n1Cc1ccc(CC(F)(F)F)cc1)C(=O)O. The Kier molecular flexibility index (Phi) is 7.80. The fourth-order valence-electron chi connectivity index (χ4n) is 4.61. The van der Waals surface area contributed by atoms with Crippen LogP contribution in [0.2, 0.25) is 0 Å². The normalized spacial score (nSPS) is 12.3. The number of carboxylic acid groups (broad SMARTS) is 1. The molecule has 0 aliphatic heterocycles. The first-order valence-corrected chi connectivity index (χ1v) is 12.5. The minimum Gasteiger partial charge on any atom is -0.487 e. The number of aliphatic carboxylic acids is 1. The number of rotatable bonds is 11. The Bertz CT molecular complexity index is 1400. The summed E-state index contributed by atoms with van der Waals surface area (Å²) in [5.74, 6) is 0.330. The number of aromatic nitrogens is 4. The van der Waals surface area contributed by atoms with Gasteiger partial charge in [0, 0.05) is 32.3 Å². The van der Waals surface area contributed by atoms with Gasteiger partial charge in [-0.05, 0) is 42.2 Å². The van der Waals surface area contributed by atoms with Gasteiger partial charge in [-0.3, -0.25) is 9.48 Å². The van der Waals surface area contributed by atoms with Crippen LogP contribution in [-0.4, -0.2) is 36.6 Å². The molecule has 2 aromatic heterocycles. The third kappa shape index (κ3) is 6.17. The molecule has 10 heteroatoms. The molecule has 4 aromatic rings. The fourth-order valence-corrected chi connectivity index (χ4v) is 4.61. The van der Waals surface area contributed by atoms with Crippen LogP contribution in [0.15, 0.2) is 54.7 Å². The lowest BCUT2D eigenvalue weighted by Crippen LogP contribution is -2.33. The molecule has 0 saturated carbocycles. The first-order valence-electron chi connectivity index (χ1n) is 12.5. The molecule has 0 amide bonds. The van der Waals surface area contributed by atoms with Crippen LogP contribution in [0.25, 0.3) is 11.0 Å². The molecule has 2 heterocycles. The highest BCUT2D eigenvalue weighted by atomic mass is 19.4. The van der Waals surface area contributed by atoms with Crippen molar-refractivity contribution in [2.45, 2.75) is 58.9 Å². The molecule has 2 aromatic carbocycles. The highest BCUT2D eigenvalue weighted by Crippen LogP contribution is 2.33. The number of ether oxygens (including phenoxy) is 1. The van der Waals surface area contributed by atoms with Gasteiger partial charge >= 0.3 is 12.1 Å². The smallest absolute Gasteiger partial charge is 0.393 e. The van der Waals surface area contributed by atoms with E-state index in [-0.39, 0.29) is 18.6 Å². The summed E-state index contributed by atoms with van der Waals surface area (Å²) in [7, 11) is 1.83. The van der Waals surface area contributed by atoms with Crippen molar-refractivity contribution in [1.82, 2.24) is 19.3 Å². The van der Waals surface area contributed by atoms with Gasteiger partial charge in [0.2, 0.25) is 0 Å². The standard InChI is InChI=1S/C28H31F3N4O3/c1-4-27(5-2,26(36)37)16-25-32-23-11-10-22(38-18-21-12-13-34(3)33-21)14-24(23)35(25)17-20-8-6-19(7-9-20)15-28(29,30)31/h6-14H,4-5,15-18H2,1-3H3,(H,36,37). The minimum atomic E-state index is -4.28. The Morgan fingerprint density at radius 2 is 1.68 bits per heavy atom. The van der Waals surface area contributed by atoms with E-state index >= 15 is 0 Å². The number of alkyl halides is 3. The molecule has 0 atom stereocenters. The molecular formula is C28H31F3N4O3. The van der Waals surface area contributed by atoms with Crippen molar-refractivity contribution in [2.24, 2.45) is 12.5 Å². The van der Waals surface area contributed by atoms with Crippen LogP contribution >= 0.6 is 0 Å². The fraction of sp³-hybridized carbons (Fsp3) is 0.393. The van der Waals surface area contributed by atoms with Gasteiger partial charge in [-0.2, -0.15) is 18.3 Å². The van der Waals surface area contributed by atoms with Gasteiger partial charge in [0.15, 0.2) is 0 Å². The molecule has 0 bridgehead atoms. The Labute approximate surface area is 218 Å². The molecule has 1 N–H and O–H groups in total. The summed E-state index contributed by atoms with van der Waals surface area (Å²) < 4.78 is 48.0. The Morgan fingerprint density at radius 1 is 1.00 bits per heavy atom. The summed E-state index contributed by atoms with van der Waals surface area (Å²) in [4.78, 5) is 17.0. The average molecular weight is 529 g/mol. The molecule has 7 nitrogen and oxygen atoms in total. The van der Waals surface area contributed by atoms with Gasteiger partial charge in [0.05, 0.1) is 28.6 Å². The van der Waals surface area contributed by atoms with Gasteiger partial charge in [-0.15, -0.1) is 0 Å². The molecule has 38 heavy (non-hydrogen) atoms. The average Bonchev–Trinajstić information content (AvgIpc) is 3.43. The number of imidazole rings is 1. The van der Waals surface area contributed by atoms with Crippen molar-refractivity contribution >= 4 is 17.0 Å². The van der Waals surface area contributed by atoms with Gasteiger partial charge in [0.1, 0.15) is 18.2 Å². The Balaban J connectivity index is 1.70. The van der Waals surface area contributed by atoms with Crippen LogP contribution in [0.4, 0.5) is 13.2 Å². The van der Waals surface area contributed by atoms with Crippen LogP contribution in [0.3, 0.4) is 0 Å². The van der Waals surface area contributed by atoms with Crippen LogP contribution < -0.4 is 4.74 Å². The molecule has 0 aliphatic rings. The third-order valence-corrected chi connectivity index (χ3v) is 7.03. The monoisotopic (exact) mass is 528 g/mol. The lowest BCUT2D eigenvalue weighted by Gasteiger charge is -2.26. The van der Waals surface area contributed by atoms with Crippen molar-refractivity contribution in [3.05, 3.63) is 77.4 Å². The highest BCUT2D eigenvalue weighted by Gasteiger charge is 2.37. The van der Waals surface area contributed by atoms with E-state index in [4.69, 9.17) is 9.72 Å². The van der Waals surface area contributed by atoms with E-state index in [1.54, 1.807) is 16.8 Å². The number of hydrogen-bond donors (Lipinski definition) is 1. The van der Waals surface area contributed by atoms with E-state index in [9.17, 15) is 23.1 Å². The second-order valence-electron chi connectivity index (χ2n) is 9.61. The van der Waals surface area contributed by atoms with Crippen molar-refractivity contribution in [3.63, 3.8) is 0 Å². The Morgan fingerprint density at radius 3 is 2.26 bits per heavy atom. The zero-order valence-electron chi connectivity index (χ0n) is 21.6. The second-order valence-corrected chi connectivity index (χ2v) is 9.61. The number of carboxylic acids is 1. The second kappa shape index (κ2) is 10.9. The van der Waals surface area contributed by atoms with Crippen molar-refractivity contribution in [1.29, 1.82) is 0 Å². The summed E-state index contributed by atoms with van der Waals surface area (Å²) >= 11 is 0. The molecule has 0 spiro atoms. The third-order valence-electron chi connectivity index (χ3n) is 7.03. The van der Waals surface area contributed by atoms with Gasteiger partial charge in [0.25, 0.3) is 0 Å². The lowest BCUT2D eigenvalue weighted by atomic mass is 9.79. The van der Waals surface area contributed by atoms with Crippen molar-refractivity contribution < 1.29 is 27.8 Å². The highest BCUT2D eigenvalue weighted by molar-refractivity contribution is 5.79. The van der Waals surface area contributed by atoms with Crippen LogP contribution in [0, 0.1) is 5.41 Å². The molecular weight excluding hydrogens is 497 g/mol. The van der Waals surface area contributed by atoms with Gasteiger partial charge in [-0.1, -0.05) is 38.1 Å². The summed E-state index contributed by atoms with van der Waals surface area (Å²) in [6.45, 7) is 4.31. The van der Waals surface area contributed by atoms with E-state index in [1.165, 1.54) is 12.1 Å². The number of benzene rings is 2. The number of aryl methyl sites for hydroxylation is 1. The molecule has 0 radical (unpaired) electrons. The van der Waals surface area contributed by atoms with Gasteiger partial charge in [-0.25, -0.2) is 4.98 Å². The van der Waals surface area contributed by atoms with E-state index in [0.29, 0.717) is 36.5 Å². The van der Waals surface area contributed by atoms with E-state index in [1.807, 2.05) is 55.9 Å². The van der Waals surface area contributed by atoms with E-state index < -0.39 is 24.0 Å². The van der Waals surface area contributed by atoms with Gasteiger partial charge < -0.3 is 14.4 Å². The molecule has 0 unspecified atom stereocenters. The minimum absolute atomic E-state index is 0.184. The molecule has 0 fully saturated rings. The van der Waals surface area contributed by atoms with E-state index in [0.717, 1.165) is 16.8 Å². The van der Waals surface area contributed by atoms with Crippen molar-refractivity contribution in [3.8, 4) is 5.75 Å². The van der Waals surface area contributed by atoms with Crippen LogP contribution in [0.5, 0.6) is 5.75 Å². The topological polar surface area (TPSA) is 82.2 Å². The maximum atomic E-state index is 12.8. The molecule has 202 valence electrons. The summed E-state index contributed by atoms with van der Waals surface area (Å²) in [6, 6.07) is 13.6. The Hall–Kier alpha value is -3.82. The number of halogens is 3. The quantitative estimate of drug-likeness (QED) is 0.261. The number of hydrogen-bond acceptors (Lipinski definition) is 4. The summed E-state index contributed by atoms with van der Waals surface area (Å²) in [5, 5.41) is 14.3. The van der Waals surface area contributed by atoms with Crippen LogP contribution in [-0.2, 0) is 37.8 Å². The largest absolute Gasteiger partial charge is 0.487 e. The molecule has 0 saturated heterocycles. The molecule has 0 aliphatic carbocycles.